The van der Waals surface area contributed by atoms with Crippen molar-refractivity contribution in [3.63, 3.8) is 0 Å². The third-order valence-corrected chi connectivity index (χ3v) is 14.6. The molecule has 1 heteroatoms. The Morgan fingerprint density at radius 1 is 0.762 bits per heavy atom. The molecule has 0 aromatic heterocycles. The maximum atomic E-state index is 2.47. The predicted octanol–water partition coefficient (Wildman–Crippen LogP) is 6.76. The van der Waals surface area contributed by atoms with Crippen molar-refractivity contribution in [2.45, 2.75) is 63.8 Å². The molecule has 0 bridgehead atoms. The monoisotopic (exact) mass is 320 g/mol. The fourth-order valence-electron chi connectivity index (χ4n) is 4.14. The average Bonchev–Trinajstić information content (AvgIpc) is 2.98. The van der Waals surface area contributed by atoms with Crippen LogP contribution in [0, 0.1) is 10.8 Å². The summed E-state index contributed by atoms with van der Waals surface area (Å²) in [7, 11) is 0. The van der Waals surface area contributed by atoms with Crippen LogP contribution in [0.3, 0.4) is 0 Å². The summed E-state index contributed by atoms with van der Waals surface area (Å²) in [4.78, 5) is 0. The van der Waals surface area contributed by atoms with Gasteiger partial charge in [-0.1, -0.05) is 0 Å². The number of hydrogen-bond donors (Lipinski definition) is 0. The van der Waals surface area contributed by atoms with Crippen LogP contribution in [-0.4, -0.2) is 0 Å². The van der Waals surface area contributed by atoms with Crippen molar-refractivity contribution >= 4 is 0 Å². The Labute approximate surface area is 135 Å². The molecule has 0 aromatic rings. The zero-order valence-corrected chi connectivity index (χ0v) is 16.4. The first-order valence-corrected chi connectivity index (χ1v) is 12.1. The number of hydrogen-bond acceptors (Lipinski definition) is 0. The molecule has 0 aliphatic heterocycles. The maximum absolute atomic E-state index is 2.47. The third kappa shape index (κ3) is 4.33. The van der Waals surface area contributed by atoms with E-state index in [1.54, 1.807) is 0 Å². The van der Waals surface area contributed by atoms with E-state index in [1.165, 1.54) is 22.3 Å². The molecule has 0 unspecified atom stereocenters. The third-order valence-electron chi connectivity index (χ3n) is 4.44. The minimum absolute atomic E-state index is 0.415. The molecule has 0 radical (unpaired) electrons. The summed E-state index contributed by atoms with van der Waals surface area (Å²) in [5.41, 5.74) is 0.830. The van der Waals surface area contributed by atoms with Crippen LogP contribution in [0.1, 0.15) is 54.4 Å². The second kappa shape index (κ2) is 6.05. The quantitative estimate of drug-likeness (QED) is 0.502. The van der Waals surface area contributed by atoms with Crippen LogP contribution in [-0.2, 0) is 16.6 Å². The molecule has 0 spiro atoms. The zero-order valence-electron chi connectivity index (χ0n) is 14.8. The van der Waals surface area contributed by atoms with Crippen molar-refractivity contribution in [3.8, 4) is 0 Å². The van der Waals surface area contributed by atoms with Gasteiger partial charge in [0.05, 0.1) is 0 Å². The molecular weight excluding hydrogens is 288 g/mol. The molecule has 0 heterocycles. The molecule has 2 rings (SSSR count). The van der Waals surface area contributed by atoms with Gasteiger partial charge >= 0.3 is 135 Å². The summed E-state index contributed by atoms with van der Waals surface area (Å²) in [5.74, 6) is 0. The van der Waals surface area contributed by atoms with E-state index in [2.05, 4.69) is 78.0 Å². The minimum atomic E-state index is -2.24. The van der Waals surface area contributed by atoms with Crippen LogP contribution in [0.15, 0.2) is 44.2 Å². The summed E-state index contributed by atoms with van der Waals surface area (Å²) in [6.45, 7) is 14.6. The van der Waals surface area contributed by atoms with Gasteiger partial charge in [-0.15, -0.1) is 0 Å². The molecule has 2 aliphatic carbocycles. The second-order valence-corrected chi connectivity index (χ2v) is 15.7. The standard InChI is InChI=1S/2C5H5.2C5H11.Ti/c2*1-2-4-5-3-1;2*1-5(2,3)4;/h2*1-3H,4H2;2*1H2,2-4H3;. The molecule has 116 valence electrons. The molecule has 0 fully saturated rings. The second-order valence-electron chi connectivity index (χ2n) is 9.21. The summed E-state index contributed by atoms with van der Waals surface area (Å²) in [5, 5.41) is 0. The Morgan fingerprint density at radius 3 is 1.38 bits per heavy atom. The number of allylic oxidation sites excluding steroid dienone is 8. The Kier molecular flexibility index (Phi) is 4.91. The first kappa shape index (κ1) is 17.0. The van der Waals surface area contributed by atoms with Gasteiger partial charge < -0.3 is 0 Å². The molecule has 0 aromatic carbocycles. The van der Waals surface area contributed by atoms with Gasteiger partial charge in [-0.2, -0.15) is 0 Å². The predicted molar refractivity (Wildman–Crippen MR) is 92.2 cm³/mol. The molecule has 0 nitrogen and oxygen atoms in total. The molecule has 0 saturated heterocycles. The van der Waals surface area contributed by atoms with Gasteiger partial charge in [-0.25, -0.2) is 0 Å². The van der Waals surface area contributed by atoms with Crippen molar-refractivity contribution in [1.29, 1.82) is 0 Å². The molecule has 0 N–H and O–H groups in total. The topological polar surface area (TPSA) is 0 Å². The summed E-state index contributed by atoms with van der Waals surface area (Å²) < 4.78 is 6.47. The Bertz CT molecular complexity index is 453. The molecular formula is C20H32Ti. The van der Waals surface area contributed by atoms with Crippen LogP contribution in [0.4, 0.5) is 0 Å². The van der Waals surface area contributed by atoms with Gasteiger partial charge in [0, 0.05) is 0 Å². The van der Waals surface area contributed by atoms with Crippen molar-refractivity contribution in [3.05, 3.63) is 44.2 Å². The molecule has 2 aliphatic rings. The summed E-state index contributed by atoms with van der Waals surface area (Å²) in [6, 6.07) is 0. The van der Waals surface area contributed by atoms with E-state index >= 15 is 0 Å². The van der Waals surface area contributed by atoms with Crippen molar-refractivity contribution < 1.29 is 16.6 Å². The molecule has 21 heavy (non-hydrogen) atoms. The Morgan fingerprint density at radius 2 is 1.14 bits per heavy atom. The van der Waals surface area contributed by atoms with Crippen LogP contribution < -0.4 is 0 Å². The van der Waals surface area contributed by atoms with Crippen molar-refractivity contribution in [1.82, 2.24) is 0 Å². The Balaban J connectivity index is 2.47. The van der Waals surface area contributed by atoms with E-state index in [-0.39, 0.29) is 0 Å². The number of rotatable bonds is 4. The first-order chi connectivity index (χ1) is 9.62. The van der Waals surface area contributed by atoms with Gasteiger partial charge in [-0.05, 0) is 0 Å². The van der Waals surface area contributed by atoms with Gasteiger partial charge in [-0.3, -0.25) is 0 Å². The van der Waals surface area contributed by atoms with Crippen molar-refractivity contribution in [2.24, 2.45) is 10.8 Å². The SMILES string of the molecule is CC(C)(C)[CH2][Ti]([CH2]C(C)(C)C)([C]1=CC=CC1)[C]1=CC=CC1. The zero-order chi connectivity index (χ0) is 15.7. The fraction of sp³-hybridized carbons (Fsp3) is 0.600. The van der Waals surface area contributed by atoms with Gasteiger partial charge in [0.25, 0.3) is 0 Å². The van der Waals surface area contributed by atoms with Crippen molar-refractivity contribution in [2.75, 3.05) is 0 Å². The van der Waals surface area contributed by atoms with Gasteiger partial charge in [0.15, 0.2) is 0 Å². The normalized spacial score (nSPS) is 19.1. The van der Waals surface area contributed by atoms with E-state index in [0.29, 0.717) is 10.8 Å². The van der Waals surface area contributed by atoms with E-state index in [0.717, 1.165) is 0 Å². The van der Waals surface area contributed by atoms with E-state index in [4.69, 9.17) is 0 Å². The Hall–Kier alpha value is -0.326. The van der Waals surface area contributed by atoms with Crippen LogP contribution in [0.25, 0.3) is 0 Å². The average molecular weight is 320 g/mol. The summed E-state index contributed by atoms with van der Waals surface area (Å²) >= 11 is -2.24. The first-order valence-electron chi connectivity index (χ1n) is 8.35. The van der Waals surface area contributed by atoms with E-state index in [1.807, 2.05) is 7.76 Å². The van der Waals surface area contributed by atoms with Crippen LogP contribution in [0.2, 0.25) is 9.45 Å². The van der Waals surface area contributed by atoms with Gasteiger partial charge in [0.2, 0.25) is 0 Å². The van der Waals surface area contributed by atoms with Crippen LogP contribution in [0.5, 0.6) is 0 Å². The molecule has 0 atom stereocenters. The molecule has 0 amide bonds. The fourth-order valence-corrected chi connectivity index (χ4v) is 14.9. The van der Waals surface area contributed by atoms with E-state index < -0.39 is 16.6 Å². The van der Waals surface area contributed by atoms with Crippen LogP contribution >= 0.6 is 0 Å². The van der Waals surface area contributed by atoms with Gasteiger partial charge in [0.1, 0.15) is 0 Å². The molecule has 0 saturated carbocycles. The summed E-state index contributed by atoms with van der Waals surface area (Å²) in [6.07, 6.45) is 16.7. The van der Waals surface area contributed by atoms with E-state index in [9.17, 15) is 0 Å².